The normalized spacial score (nSPS) is 10.3. The fourth-order valence-electron chi connectivity index (χ4n) is 1.61. The molecule has 0 bridgehead atoms. The molecule has 0 aliphatic heterocycles. The summed E-state index contributed by atoms with van der Waals surface area (Å²) in [5, 5.41) is 3.07. The van der Waals surface area contributed by atoms with Crippen LogP contribution in [0.25, 0.3) is 0 Å². The van der Waals surface area contributed by atoms with Gasteiger partial charge in [0.1, 0.15) is 6.61 Å². The van der Waals surface area contributed by atoms with E-state index in [1.807, 2.05) is 50.2 Å². The Labute approximate surface area is 132 Å². The minimum absolute atomic E-state index is 0.306. The van der Waals surface area contributed by atoms with Crippen LogP contribution >= 0.6 is 15.9 Å². The summed E-state index contributed by atoms with van der Waals surface area (Å²) < 4.78 is 6.69. The number of nitrogens with one attached hydrogen (secondary N) is 1. The van der Waals surface area contributed by atoms with E-state index in [1.165, 1.54) is 0 Å². The highest BCUT2D eigenvalue weighted by Gasteiger charge is 2.09. The molecule has 2 aromatic rings. The summed E-state index contributed by atoms with van der Waals surface area (Å²) in [6.07, 6.45) is 0. The molecule has 0 atom stereocenters. The number of aromatic nitrogens is 3. The molecule has 0 amide bonds. The minimum atomic E-state index is 0.306. The second-order valence-corrected chi connectivity index (χ2v) is 5.40. The predicted molar refractivity (Wildman–Crippen MR) is 86.8 cm³/mol. The summed E-state index contributed by atoms with van der Waals surface area (Å²) in [7, 11) is 3.76. The molecule has 0 saturated carbocycles. The Morgan fingerprint density at radius 2 is 1.95 bits per heavy atom. The first-order chi connectivity index (χ1) is 10.1. The van der Waals surface area contributed by atoms with Crippen LogP contribution in [0.1, 0.15) is 12.5 Å². The second-order valence-electron chi connectivity index (χ2n) is 4.55. The smallest absolute Gasteiger partial charge is 0.323 e. The summed E-state index contributed by atoms with van der Waals surface area (Å²) >= 11 is 3.49. The summed E-state index contributed by atoms with van der Waals surface area (Å²) in [6, 6.07) is 8.20. The lowest BCUT2D eigenvalue weighted by Gasteiger charge is -2.13. The van der Waals surface area contributed by atoms with E-state index in [2.05, 4.69) is 36.2 Å². The van der Waals surface area contributed by atoms with Crippen molar-refractivity contribution in [1.29, 1.82) is 0 Å². The molecule has 0 spiro atoms. The molecule has 0 unspecified atom stereocenters. The number of ether oxygens (including phenoxy) is 1. The van der Waals surface area contributed by atoms with E-state index in [-0.39, 0.29) is 0 Å². The van der Waals surface area contributed by atoms with Gasteiger partial charge in [0.15, 0.2) is 0 Å². The number of nitrogens with zero attached hydrogens (tertiary/aromatic N) is 4. The predicted octanol–water partition coefficient (Wildman–Crippen LogP) is 2.71. The van der Waals surface area contributed by atoms with Crippen LogP contribution in [-0.2, 0) is 6.61 Å². The topological polar surface area (TPSA) is 63.2 Å². The van der Waals surface area contributed by atoms with Crippen molar-refractivity contribution in [2.45, 2.75) is 13.5 Å². The molecule has 0 aliphatic carbocycles. The SMILES string of the molecule is CCNc1nc(OCc2ccccc2Br)nc(N(C)C)n1. The molecule has 0 fully saturated rings. The maximum absolute atomic E-state index is 5.69. The Hall–Kier alpha value is -1.89. The third kappa shape index (κ3) is 4.29. The molecule has 0 saturated heterocycles. The molecule has 7 heteroatoms. The van der Waals surface area contributed by atoms with Gasteiger partial charge in [-0.3, -0.25) is 0 Å². The fourth-order valence-corrected chi connectivity index (χ4v) is 2.00. The number of rotatable bonds is 6. The molecular formula is C14H18BrN5O. The van der Waals surface area contributed by atoms with E-state index in [9.17, 15) is 0 Å². The molecule has 0 radical (unpaired) electrons. The van der Waals surface area contributed by atoms with Crippen molar-refractivity contribution in [2.24, 2.45) is 0 Å². The lowest BCUT2D eigenvalue weighted by atomic mass is 10.2. The maximum Gasteiger partial charge on any atom is 0.323 e. The van der Waals surface area contributed by atoms with Crippen molar-refractivity contribution < 1.29 is 4.74 Å². The molecule has 1 heterocycles. The Kier molecular flexibility index (Phi) is 5.32. The Bertz CT molecular complexity index is 606. The van der Waals surface area contributed by atoms with Crippen molar-refractivity contribution in [2.75, 3.05) is 30.9 Å². The fraction of sp³-hybridized carbons (Fsp3) is 0.357. The molecule has 2 rings (SSSR count). The van der Waals surface area contributed by atoms with Gasteiger partial charge >= 0.3 is 6.01 Å². The lowest BCUT2D eigenvalue weighted by Crippen LogP contribution is -2.16. The highest BCUT2D eigenvalue weighted by molar-refractivity contribution is 9.10. The second kappa shape index (κ2) is 7.21. The van der Waals surface area contributed by atoms with Gasteiger partial charge in [-0.15, -0.1) is 0 Å². The summed E-state index contributed by atoms with van der Waals surface area (Å²) in [5.74, 6) is 1.07. The lowest BCUT2D eigenvalue weighted by molar-refractivity contribution is 0.280. The van der Waals surface area contributed by atoms with Gasteiger partial charge in [-0.2, -0.15) is 15.0 Å². The van der Waals surface area contributed by atoms with E-state index in [4.69, 9.17) is 4.74 Å². The van der Waals surface area contributed by atoms with Crippen LogP contribution in [0.5, 0.6) is 6.01 Å². The molecule has 0 aliphatic rings. The molecule has 1 aromatic heterocycles. The first-order valence-electron chi connectivity index (χ1n) is 6.63. The monoisotopic (exact) mass is 351 g/mol. The zero-order valence-corrected chi connectivity index (χ0v) is 13.9. The van der Waals surface area contributed by atoms with Crippen molar-refractivity contribution in [3.8, 4) is 6.01 Å². The number of hydrogen-bond donors (Lipinski definition) is 1. The number of anilines is 2. The average Bonchev–Trinajstić information content (AvgIpc) is 2.46. The van der Waals surface area contributed by atoms with Gasteiger partial charge in [0.25, 0.3) is 0 Å². The highest BCUT2D eigenvalue weighted by atomic mass is 79.9. The number of benzene rings is 1. The van der Waals surface area contributed by atoms with Crippen LogP contribution in [0.2, 0.25) is 0 Å². The zero-order chi connectivity index (χ0) is 15.2. The Morgan fingerprint density at radius 3 is 2.62 bits per heavy atom. The van der Waals surface area contributed by atoms with E-state index < -0.39 is 0 Å². The average molecular weight is 352 g/mol. The van der Waals surface area contributed by atoms with Crippen LogP contribution in [-0.4, -0.2) is 35.6 Å². The first-order valence-corrected chi connectivity index (χ1v) is 7.43. The summed E-state index contributed by atoms with van der Waals surface area (Å²) in [5.41, 5.74) is 1.04. The zero-order valence-electron chi connectivity index (χ0n) is 12.3. The number of halogens is 1. The van der Waals surface area contributed by atoms with Crippen molar-refractivity contribution >= 4 is 27.8 Å². The third-order valence-corrected chi connectivity index (χ3v) is 3.43. The molecule has 1 N–H and O–H groups in total. The summed E-state index contributed by atoms with van der Waals surface area (Å²) in [4.78, 5) is 14.7. The van der Waals surface area contributed by atoms with Crippen LogP contribution < -0.4 is 15.0 Å². The van der Waals surface area contributed by atoms with Gasteiger partial charge in [-0.05, 0) is 13.0 Å². The van der Waals surface area contributed by atoms with Gasteiger partial charge in [0, 0.05) is 30.7 Å². The minimum Gasteiger partial charge on any atom is -0.458 e. The molecular weight excluding hydrogens is 334 g/mol. The summed E-state index contributed by atoms with van der Waals surface area (Å²) in [6.45, 7) is 3.12. The van der Waals surface area contributed by atoms with E-state index in [1.54, 1.807) is 0 Å². The molecule has 1 aromatic carbocycles. The van der Waals surface area contributed by atoms with E-state index in [0.29, 0.717) is 24.5 Å². The molecule has 6 nitrogen and oxygen atoms in total. The Balaban J connectivity index is 2.17. The van der Waals surface area contributed by atoms with Crippen molar-refractivity contribution in [1.82, 2.24) is 15.0 Å². The van der Waals surface area contributed by atoms with E-state index in [0.717, 1.165) is 16.6 Å². The highest BCUT2D eigenvalue weighted by Crippen LogP contribution is 2.19. The van der Waals surface area contributed by atoms with Gasteiger partial charge < -0.3 is 15.0 Å². The quantitative estimate of drug-likeness (QED) is 0.863. The largest absolute Gasteiger partial charge is 0.458 e. The van der Waals surface area contributed by atoms with Gasteiger partial charge in [-0.25, -0.2) is 0 Å². The van der Waals surface area contributed by atoms with Crippen LogP contribution in [0.3, 0.4) is 0 Å². The van der Waals surface area contributed by atoms with Crippen LogP contribution in [0, 0.1) is 0 Å². The Morgan fingerprint density at radius 1 is 1.19 bits per heavy atom. The van der Waals surface area contributed by atoms with Crippen molar-refractivity contribution in [3.05, 3.63) is 34.3 Å². The van der Waals surface area contributed by atoms with Gasteiger partial charge in [0.05, 0.1) is 0 Å². The van der Waals surface area contributed by atoms with Crippen LogP contribution in [0.15, 0.2) is 28.7 Å². The standard InChI is InChI=1S/C14H18BrN5O/c1-4-16-12-17-13(20(2)3)19-14(18-12)21-9-10-7-5-6-8-11(10)15/h5-8H,4,9H2,1-3H3,(H,16,17,18,19). The van der Waals surface area contributed by atoms with Gasteiger partial charge in [0.2, 0.25) is 11.9 Å². The molecule has 21 heavy (non-hydrogen) atoms. The van der Waals surface area contributed by atoms with E-state index >= 15 is 0 Å². The van der Waals surface area contributed by atoms with Gasteiger partial charge in [-0.1, -0.05) is 34.1 Å². The first kappa shape index (κ1) is 15.5. The maximum atomic E-state index is 5.69. The molecule has 112 valence electrons. The third-order valence-electron chi connectivity index (χ3n) is 2.65. The van der Waals surface area contributed by atoms with Crippen molar-refractivity contribution in [3.63, 3.8) is 0 Å². The number of hydrogen-bond acceptors (Lipinski definition) is 6. The van der Waals surface area contributed by atoms with Crippen LogP contribution in [0.4, 0.5) is 11.9 Å².